The molecule has 16 heavy (non-hydrogen) atoms. The molecule has 2 heterocycles. The average molecular weight is 218 g/mol. The molecular weight excluding hydrogens is 204 g/mol. The number of ether oxygens (including phenoxy) is 2. The van der Waals surface area contributed by atoms with E-state index >= 15 is 0 Å². The maximum atomic E-state index is 5.83. The highest BCUT2D eigenvalue weighted by atomic mass is 16.6. The van der Waals surface area contributed by atoms with Gasteiger partial charge in [0.1, 0.15) is 24.1 Å². The van der Waals surface area contributed by atoms with E-state index in [1.165, 1.54) is 0 Å². The van der Waals surface area contributed by atoms with Gasteiger partial charge in [0, 0.05) is 0 Å². The first-order valence-corrected chi connectivity index (χ1v) is 5.60. The van der Waals surface area contributed by atoms with Crippen molar-refractivity contribution in [3.63, 3.8) is 0 Å². The molecular formula is C13H14O3. The molecule has 3 heteroatoms. The molecule has 84 valence electrons. The summed E-state index contributed by atoms with van der Waals surface area (Å²) in [6.45, 7) is 4.65. The molecule has 0 N–H and O–H groups in total. The van der Waals surface area contributed by atoms with Gasteiger partial charge in [-0.25, -0.2) is 0 Å². The Balaban J connectivity index is 2.13. The van der Waals surface area contributed by atoms with Gasteiger partial charge in [-0.05, 0) is 31.5 Å². The lowest BCUT2D eigenvalue weighted by Gasteiger charge is -2.25. The van der Waals surface area contributed by atoms with E-state index in [1.807, 2.05) is 25.1 Å². The predicted molar refractivity (Wildman–Crippen MR) is 61.2 cm³/mol. The highest BCUT2D eigenvalue weighted by Crippen LogP contribution is 2.40. The van der Waals surface area contributed by atoms with Crippen molar-refractivity contribution in [1.29, 1.82) is 0 Å². The summed E-state index contributed by atoms with van der Waals surface area (Å²) >= 11 is 0. The van der Waals surface area contributed by atoms with E-state index in [0.717, 1.165) is 34.6 Å². The van der Waals surface area contributed by atoms with Crippen LogP contribution in [0.3, 0.4) is 0 Å². The van der Waals surface area contributed by atoms with E-state index in [2.05, 4.69) is 6.92 Å². The minimum atomic E-state index is 0.165. The van der Waals surface area contributed by atoms with Crippen LogP contribution in [0.4, 0.5) is 0 Å². The standard InChI is InChI=1S/C13H14O3/c1-3-9-7-14-13-10-6-8(2)15-11(10)4-5-12(13)16-9/h4-6,9H,3,7H2,1-2H3. The molecule has 1 unspecified atom stereocenters. The molecule has 0 amide bonds. The number of fused-ring (bicyclic) bond motifs is 3. The zero-order chi connectivity index (χ0) is 11.1. The molecule has 0 bridgehead atoms. The van der Waals surface area contributed by atoms with Crippen LogP contribution in [-0.2, 0) is 0 Å². The summed E-state index contributed by atoms with van der Waals surface area (Å²) in [6.07, 6.45) is 1.12. The summed E-state index contributed by atoms with van der Waals surface area (Å²) in [6, 6.07) is 5.84. The molecule has 1 aromatic carbocycles. The average Bonchev–Trinajstić information content (AvgIpc) is 2.69. The van der Waals surface area contributed by atoms with Crippen molar-refractivity contribution in [3.05, 3.63) is 24.0 Å². The second-order valence-electron chi connectivity index (χ2n) is 4.12. The lowest BCUT2D eigenvalue weighted by atomic mass is 10.2. The topological polar surface area (TPSA) is 31.6 Å². The maximum absolute atomic E-state index is 5.83. The second kappa shape index (κ2) is 3.44. The Morgan fingerprint density at radius 2 is 2.25 bits per heavy atom. The molecule has 0 radical (unpaired) electrons. The highest BCUT2D eigenvalue weighted by molar-refractivity contribution is 5.87. The van der Waals surface area contributed by atoms with Crippen molar-refractivity contribution in [2.45, 2.75) is 26.4 Å². The van der Waals surface area contributed by atoms with Crippen molar-refractivity contribution in [2.24, 2.45) is 0 Å². The lowest BCUT2D eigenvalue weighted by molar-refractivity contribution is 0.0900. The van der Waals surface area contributed by atoms with E-state index in [0.29, 0.717) is 6.61 Å². The van der Waals surface area contributed by atoms with Gasteiger partial charge < -0.3 is 13.9 Å². The zero-order valence-electron chi connectivity index (χ0n) is 9.45. The fourth-order valence-electron chi connectivity index (χ4n) is 2.03. The van der Waals surface area contributed by atoms with Crippen molar-refractivity contribution in [3.8, 4) is 11.5 Å². The molecule has 1 atom stereocenters. The van der Waals surface area contributed by atoms with Gasteiger partial charge in [0.05, 0.1) is 5.39 Å². The molecule has 1 aliphatic heterocycles. The highest BCUT2D eigenvalue weighted by Gasteiger charge is 2.22. The third-order valence-corrected chi connectivity index (χ3v) is 2.90. The van der Waals surface area contributed by atoms with Crippen LogP contribution in [0.1, 0.15) is 19.1 Å². The van der Waals surface area contributed by atoms with Gasteiger partial charge in [0.15, 0.2) is 11.5 Å². The predicted octanol–water partition coefficient (Wildman–Crippen LogP) is 3.29. The number of hydrogen-bond acceptors (Lipinski definition) is 3. The third kappa shape index (κ3) is 1.35. The van der Waals surface area contributed by atoms with Crippen molar-refractivity contribution >= 4 is 11.0 Å². The molecule has 3 rings (SSSR count). The Morgan fingerprint density at radius 3 is 3.06 bits per heavy atom. The fourth-order valence-corrected chi connectivity index (χ4v) is 2.03. The molecule has 2 aromatic rings. The summed E-state index contributed by atoms with van der Waals surface area (Å²) in [4.78, 5) is 0. The first kappa shape index (κ1) is 9.58. The number of furan rings is 1. The van der Waals surface area contributed by atoms with Crippen LogP contribution < -0.4 is 9.47 Å². The van der Waals surface area contributed by atoms with Gasteiger partial charge in [0.25, 0.3) is 0 Å². The monoisotopic (exact) mass is 218 g/mol. The van der Waals surface area contributed by atoms with Crippen LogP contribution in [0.15, 0.2) is 22.6 Å². The van der Waals surface area contributed by atoms with Crippen molar-refractivity contribution in [2.75, 3.05) is 6.61 Å². The Bertz CT molecular complexity index is 527. The quantitative estimate of drug-likeness (QED) is 0.736. The smallest absolute Gasteiger partial charge is 0.172 e. The fraction of sp³-hybridized carbons (Fsp3) is 0.385. The molecule has 0 fully saturated rings. The zero-order valence-corrected chi connectivity index (χ0v) is 9.45. The summed E-state index contributed by atoms with van der Waals surface area (Å²) in [5.41, 5.74) is 0.856. The van der Waals surface area contributed by atoms with Crippen molar-refractivity contribution < 1.29 is 13.9 Å². The van der Waals surface area contributed by atoms with E-state index in [1.54, 1.807) is 0 Å². The van der Waals surface area contributed by atoms with Gasteiger partial charge in [-0.3, -0.25) is 0 Å². The van der Waals surface area contributed by atoms with Gasteiger partial charge in [0.2, 0.25) is 0 Å². The lowest BCUT2D eigenvalue weighted by Crippen LogP contribution is -2.28. The third-order valence-electron chi connectivity index (χ3n) is 2.90. The molecule has 0 spiro atoms. The Labute approximate surface area is 94.0 Å². The summed E-state index contributed by atoms with van der Waals surface area (Å²) < 4.78 is 17.2. The number of aryl methyl sites for hydroxylation is 1. The van der Waals surface area contributed by atoms with Crippen LogP contribution in [0.25, 0.3) is 11.0 Å². The minimum Gasteiger partial charge on any atom is -0.485 e. The minimum absolute atomic E-state index is 0.165. The normalized spacial score (nSPS) is 19.0. The molecule has 1 aromatic heterocycles. The van der Waals surface area contributed by atoms with Crippen LogP contribution in [0, 0.1) is 6.92 Å². The van der Waals surface area contributed by atoms with Crippen LogP contribution in [0.2, 0.25) is 0 Å². The van der Waals surface area contributed by atoms with Crippen LogP contribution in [-0.4, -0.2) is 12.7 Å². The van der Waals surface area contributed by atoms with Crippen LogP contribution in [0.5, 0.6) is 11.5 Å². The largest absolute Gasteiger partial charge is 0.485 e. The van der Waals surface area contributed by atoms with E-state index in [4.69, 9.17) is 13.9 Å². The molecule has 3 nitrogen and oxygen atoms in total. The first-order valence-electron chi connectivity index (χ1n) is 5.60. The van der Waals surface area contributed by atoms with E-state index in [9.17, 15) is 0 Å². The first-order chi connectivity index (χ1) is 7.78. The van der Waals surface area contributed by atoms with Crippen LogP contribution >= 0.6 is 0 Å². The van der Waals surface area contributed by atoms with Gasteiger partial charge in [-0.2, -0.15) is 0 Å². The summed E-state index contributed by atoms with van der Waals surface area (Å²) in [7, 11) is 0. The number of hydrogen-bond donors (Lipinski definition) is 0. The summed E-state index contributed by atoms with van der Waals surface area (Å²) in [5.74, 6) is 2.54. The van der Waals surface area contributed by atoms with E-state index in [-0.39, 0.29) is 6.10 Å². The Morgan fingerprint density at radius 1 is 1.38 bits per heavy atom. The maximum Gasteiger partial charge on any atom is 0.172 e. The Hall–Kier alpha value is -1.64. The SMILES string of the molecule is CCC1COc2c(ccc3oc(C)cc23)O1. The number of benzene rings is 1. The Kier molecular flexibility index (Phi) is 2.06. The second-order valence-corrected chi connectivity index (χ2v) is 4.12. The van der Waals surface area contributed by atoms with E-state index < -0.39 is 0 Å². The summed E-state index contributed by atoms with van der Waals surface area (Å²) in [5, 5.41) is 1.00. The number of rotatable bonds is 1. The molecule has 0 saturated carbocycles. The molecule has 0 saturated heterocycles. The molecule has 1 aliphatic rings. The van der Waals surface area contributed by atoms with Gasteiger partial charge in [-0.15, -0.1) is 0 Å². The van der Waals surface area contributed by atoms with Gasteiger partial charge >= 0.3 is 0 Å². The van der Waals surface area contributed by atoms with Gasteiger partial charge in [-0.1, -0.05) is 6.92 Å². The van der Waals surface area contributed by atoms with Crippen molar-refractivity contribution in [1.82, 2.24) is 0 Å². The molecule has 0 aliphatic carbocycles.